The zero-order valence-corrected chi connectivity index (χ0v) is 13.6. The molecular weight excluding hydrogens is 268 g/mol. The first-order chi connectivity index (χ1) is 9.58. The lowest BCUT2D eigenvalue weighted by Gasteiger charge is -2.09. The highest BCUT2D eigenvalue weighted by molar-refractivity contribution is 7.98. The van der Waals surface area contributed by atoms with Crippen molar-refractivity contribution in [2.24, 2.45) is 5.92 Å². The minimum absolute atomic E-state index is 0.229. The van der Waals surface area contributed by atoms with Crippen molar-refractivity contribution in [2.45, 2.75) is 38.5 Å². The van der Waals surface area contributed by atoms with Crippen LogP contribution in [0.3, 0.4) is 0 Å². The summed E-state index contributed by atoms with van der Waals surface area (Å²) in [6, 6.07) is 8.05. The maximum absolute atomic E-state index is 12.1. The molecule has 0 aliphatic heterocycles. The number of thioether (sulfide) groups is 1. The second-order valence-electron chi connectivity index (χ2n) is 5.04. The molecule has 0 saturated carbocycles. The van der Waals surface area contributed by atoms with E-state index in [1.165, 1.54) is 4.90 Å². The Balaban J connectivity index is 2.93. The van der Waals surface area contributed by atoms with E-state index in [9.17, 15) is 4.79 Å². The molecule has 1 rings (SSSR count). The average molecular weight is 292 g/mol. The molecule has 0 aromatic heterocycles. The summed E-state index contributed by atoms with van der Waals surface area (Å²) >= 11 is 1.69. The van der Waals surface area contributed by atoms with Crippen LogP contribution in [0.5, 0.6) is 0 Å². The van der Waals surface area contributed by atoms with Gasteiger partial charge in [-0.2, -0.15) is 0 Å². The molecule has 0 spiro atoms. The zero-order valence-electron chi connectivity index (χ0n) is 12.8. The lowest BCUT2D eigenvalue weighted by atomic mass is 10.0. The lowest BCUT2D eigenvalue weighted by Crippen LogP contribution is -2.07. The third kappa shape index (κ3) is 5.41. The molecule has 3 heteroatoms. The van der Waals surface area contributed by atoms with Gasteiger partial charge in [-0.1, -0.05) is 32.1 Å². The third-order valence-corrected chi connectivity index (χ3v) is 3.73. The van der Waals surface area contributed by atoms with Gasteiger partial charge in [0.25, 0.3) is 0 Å². The van der Waals surface area contributed by atoms with E-state index in [-0.39, 0.29) is 5.97 Å². The van der Waals surface area contributed by atoms with E-state index in [1.807, 2.05) is 43.5 Å². The second kappa shape index (κ2) is 8.85. The standard InChI is InChI=1S/C17H24O2S/c1-5-19-17(18)16(8-6-7-13(2)3)14-9-11-15(20-4)12-10-14/h8-13H,5-7H2,1-4H3. The van der Waals surface area contributed by atoms with E-state index in [0.29, 0.717) is 18.1 Å². The highest BCUT2D eigenvalue weighted by Gasteiger charge is 2.12. The van der Waals surface area contributed by atoms with Gasteiger partial charge in [0.2, 0.25) is 0 Å². The molecule has 2 nitrogen and oxygen atoms in total. The molecule has 0 fully saturated rings. The predicted molar refractivity (Wildman–Crippen MR) is 86.9 cm³/mol. The van der Waals surface area contributed by atoms with Crippen molar-refractivity contribution in [3.05, 3.63) is 35.9 Å². The van der Waals surface area contributed by atoms with Gasteiger partial charge in [0.15, 0.2) is 0 Å². The summed E-state index contributed by atoms with van der Waals surface area (Å²) in [7, 11) is 0. The van der Waals surface area contributed by atoms with Gasteiger partial charge in [0.05, 0.1) is 12.2 Å². The number of carbonyl (C=O) groups is 1. The van der Waals surface area contributed by atoms with Gasteiger partial charge in [-0.25, -0.2) is 4.79 Å². The Hall–Kier alpha value is -1.22. The highest BCUT2D eigenvalue weighted by Crippen LogP contribution is 2.22. The van der Waals surface area contributed by atoms with Gasteiger partial charge >= 0.3 is 5.97 Å². The first kappa shape index (κ1) is 16.8. The molecule has 0 aliphatic carbocycles. The number of benzene rings is 1. The minimum atomic E-state index is -0.229. The average Bonchev–Trinajstić information content (AvgIpc) is 2.44. The number of esters is 1. The second-order valence-corrected chi connectivity index (χ2v) is 5.92. The monoisotopic (exact) mass is 292 g/mol. The Morgan fingerprint density at radius 3 is 2.45 bits per heavy atom. The largest absolute Gasteiger partial charge is 0.462 e. The van der Waals surface area contributed by atoms with E-state index in [2.05, 4.69) is 13.8 Å². The van der Waals surface area contributed by atoms with Gasteiger partial charge in [-0.15, -0.1) is 11.8 Å². The van der Waals surface area contributed by atoms with E-state index in [1.54, 1.807) is 11.8 Å². The molecule has 0 saturated heterocycles. The van der Waals surface area contributed by atoms with E-state index < -0.39 is 0 Å². The van der Waals surface area contributed by atoms with Crippen LogP contribution >= 0.6 is 11.8 Å². The molecule has 0 atom stereocenters. The molecule has 1 aromatic carbocycles. The maximum Gasteiger partial charge on any atom is 0.338 e. The Morgan fingerprint density at radius 1 is 1.30 bits per heavy atom. The molecule has 0 radical (unpaired) electrons. The number of carbonyl (C=O) groups excluding carboxylic acids is 1. The van der Waals surface area contributed by atoms with Crippen LogP contribution < -0.4 is 0 Å². The Bertz CT molecular complexity index is 447. The quantitative estimate of drug-likeness (QED) is 0.410. The Labute approximate surface area is 126 Å². The summed E-state index contributed by atoms with van der Waals surface area (Å²) < 4.78 is 5.16. The fraction of sp³-hybridized carbons (Fsp3) is 0.471. The van der Waals surface area contributed by atoms with Crippen LogP contribution in [0.1, 0.15) is 39.2 Å². The lowest BCUT2D eigenvalue weighted by molar-refractivity contribution is -0.136. The summed E-state index contributed by atoms with van der Waals surface area (Å²) in [5, 5.41) is 0. The van der Waals surface area contributed by atoms with Gasteiger partial charge in [-0.05, 0) is 49.6 Å². The SMILES string of the molecule is CCOC(=O)C(=CCCC(C)C)c1ccc(SC)cc1. The van der Waals surface area contributed by atoms with Gasteiger partial charge in [0, 0.05) is 4.90 Å². The van der Waals surface area contributed by atoms with Crippen LogP contribution in [0.4, 0.5) is 0 Å². The molecule has 0 aliphatic rings. The highest BCUT2D eigenvalue weighted by atomic mass is 32.2. The summed E-state index contributed by atoms with van der Waals surface area (Å²) in [5.74, 6) is 0.404. The van der Waals surface area contributed by atoms with Crippen LogP contribution in [-0.4, -0.2) is 18.8 Å². The third-order valence-electron chi connectivity index (χ3n) is 2.99. The summed E-state index contributed by atoms with van der Waals surface area (Å²) in [5.41, 5.74) is 1.62. The zero-order chi connectivity index (χ0) is 15.0. The minimum Gasteiger partial charge on any atom is -0.462 e. The van der Waals surface area contributed by atoms with Gasteiger partial charge in [-0.3, -0.25) is 0 Å². The van der Waals surface area contributed by atoms with E-state index >= 15 is 0 Å². The topological polar surface area (TPSA) is 26.3 Å². The molecule has 0 unspecified atom stereocenters. The van der Waals surface area contributed by atoms with Crippen molar-refractivity contribution in [2.75, 3.05) is 12.9 Å². The molecule has 0 N–H and O–H groups in total. The van der Waals surface area contributed by atoms with E-state index in [0.717, 1.165) is 18.4 Å². The molecule has 110 valence electrons. The molecule has 0 amide bonds. The summed E-state index contributed by atoms with van der Waals surface area (Å²) in [6.07, 6.45) is 6.02. The number of hydrogen-bond donors (Lipinski definition) is 0. The van der Waals surface area contributed by atoms with Crippen LogP contribution in [0.15, 0.2) is 35.2 Å². The summed E-state index contributed by atoms with van der Waals surface area (Å²) in [6.45, 7) is 6.61. The fourth-order valence-corrected chi connectivity index (χ4v) is 2.27. The van der Waals surface area contributed by atoms with Crippen LogP contribution in [0, 0.1) is 5.92 Å². The molecular formula is C17H24O2S. The molecule has 1 aromatic rings. The van der Waals surface area contributed by atoms with Crippen molar-refractivity contribution >= 4 is 23.3 Å². The Morgan fingerprint density at radius 2 is 1.95 bits per heavy atom. The summed E-state index contributed by atoms with van der Waals surface area (Å²) in [4.78, 5) is 13.3. The van der Waals surface area contributed by atoms with Crippen LogP contribution in [0.2, 0.25) is 0 Å². The van der Waals surface area contributed by atoms with Crippen molar-refractivity contribution < 1.29 is 9.53 Å². The number of ether oxygens (including phenoxy) is 1. The van der Waals surface area contributed by atoms with Crippen molar-refractivity contribution in [1.29, 1.82) is 0 Å². The van der Waals surface area contributed by atoms with Crippen molar-refractivity contribution in [3.63, 3.8) is 0 Å². The maximum atomic E-state index is 12.1. The number of allylic oxidation sites excluding steroid dienone is 1. The first-order valence-corrected chi connectivity index (χ1v) is 8.32. The van der Waals surface area contributed by atoms with Crippen molar-refractivity contribution in [3.8, 4) is 0 Å². The molecule has 0 heterocycles. The smallest absolute Gasteiger partial charge is 0.338 e. The molecule has 20 heavy (non-hydrogen) atoms. The normalized spacial score (nSPS) is 11.8. The van der Waals surface area contributed by atoms with Gasteiger partial charge in [0.1, 0.15) is 0 Å². The van der Waals surface area contributed by atoms with Gasteiger partial charge < -0.3 is 4.74 Å². The predicted octanol–water partition coefficient (Wildman–Crippen LogP) is 4.79. The number of rotatable bonds is 7. The molecule has 0 bridgehead atoms. The first-order valence-electron chi connectivity index (χ1n) is 7.10. The van der Waals surface area contributed by atoms with Crippen LogP contribution in [0.25, 0.3) is 5.57 Å². The Kier molecular flexibility index (Phi) is 7.45. The number of hydrogen-bond acceptors (Lipinski definition) is 3. The fourth-order valence-electron chi connectivity index (χ4n) is 1.86. The van der Waals surface area contributed by atoms with Crippen molar-refractivity contribution in [1.82, 2.24) is 0 Å². The van der Waals surface area contributed by atoms with E-state index in [4.69, 9.17) is 4.74 Å². The van der Waals surface area contributed by atoms with Crippen LogP contribution in [-0.2, 0) is 9.53 Å².